The fraction of sp³-hybridized carbons (Fsp3) is 0.316. The molecule has 1 saturated heterocycles. The quantitative estimate of drug-likeness (QED) is 0.738. The molecule has 1 atom stereocenters. The van der Waals surface area contributed by atoms with Crippen molar-refractivity contribution in [3.8, 4) is 5.75 Å². The monoisotopic (exact) mass is 336 g/mol. The molecule has 3 heterocycles. The van der Waals surface area contributed by atoms with E-state index in [2.05, 4.69) is 4.98 Å². The van der Waals surface area contributed by atoms with Crippen LogP contribution in [0.2, 0.25) is 0 Å². The van der Waals surface area contributed by atoms with E-state index in [1.54, 1.807) is 19.4 Å². The molecule has 0 radical (unpaired) electrons. The van der Waals surface area contributed by atoms with Crippen LogP contribution in [0.1, 0.15) is 28.5 Å². The highest BCUT2D eigenvalue weighted by Crippen LogP contribution is 2.29. The van der Waals surface area contributed by atoms with Crippen LogP contribution in [0.4, 0.5) is 0 Å². The average Bonchev–Trinajstić information content (AvgIpc) is 3.26. The second-order valence-electron chi connectivity index (χ2n) is 6.34. The lowest BCUT2D eigenvalue weighted by Gasteiger charge is -2.17. The molecule has 1 fully saturated rings. The third-order valence-electron chi connectivity index (χ3n) is 4.82. The van der Waals surface area contributed by atoms with Crippen LogP contribution in [-0.4, -0.2) is 45.5 Å². The van der Waals surface area contributed by atoms with Crippen molar-refractivity contribution < 1.29 is 9.53 Å². The molecule has 25 heavy (non-hydrogen) atoms. The number of imidazole rings is 1. The highest BCUT2D eigenvalue weighted by molar-refractivity contribution is 5.94. The lowest BCUT2D eigenvalue weighted by atomic mass is 10.1. The maximum absolute atomic E-state index is 12.8. The van der Waals surface area contributed by atoms with Crippen LogP contribution in [0.15, 0.2) is 42.6 Å². The number of hydrogen-bond acceptors (Lipinski definition) is 4. The topological polar surface area (TPSA) is 60.2 Å². The Labute approximate surface area is 146 Å². The number of aromatic nitrogens is 3. The highest BCUT2D eigenvalue weighted by atomic mass is 16.5. The molecular formula is C19H20N4O2. The number of methoxy groups -OCH3 is 1. The van der Waals surface area contributed by atoms with Gasteiger partial charge in [0.05, 0.1) is 7.11 Å². The largest absolute Gasteiger partial charge is 0.497 e. The second kappa shape index (κ2) is 6.20. The smallest absolute Gasteiger partial charge is 0.254 e. The van der Waals surface area contributed by atoms with Gasteiger partial charge in [0.1, 0.15) is 17.1 Å². The molecule has 1 unspecified atom stereocenters. The molecule has 0 spiro atoms. The molecule has 0 bridgehead atoms. The summed E-state index contributed by atoms with van der Waals surface area (Å²) in [5.74, 6) is 1.96. The zero-order valence-corrected chi connectivity index (χ0v) is 14.3. The standard InChI is InChI=1S/C19H20N4O2/c1-22-17(21-16-7-4-9-20-18(16)22)14-8-10-23(12-14)19(24)13-5-3-6-15(11-13)25-2/h3-7,9,11,14H,8,10,12H2,1-2H3. The minimum atomic E-state index is 0.0401. The summed E-state index contributed by atoms with van der Waals surface area (Å²) in [6, 6.07) is 11.2. The number of carbonyl (C=O) groups is 1. The summed E-state index contributed by atoms with van der Waals surface area (Å²) in [5, 5.41) is 0. The van der Waals surface area contributed by atoms with Crippen molar-refractivity contribution in [1.82, 2.24) is 19.4 Å². The molecule has 1 aromatic carbocycles. The highest BCUT2D eigenvalue weighted by Gasteiger charge is 2.31. The first-order valence-corrected chi connectivity index (χ1v) is 8.38. The summed E-state index contributed by atoms with van der Waals surface area (Å²) < 4.78 is 7.26. The van der Waals surface area contributed by atoms with Gasteiger partial charge in [-0.2, -0.15) is 0 Å². The number of likely N-dealkylation sites (tertiary alicyclic amines) is 1. The van der Waals surface area contributed by atoms with E-state index >= 15 is 0 Å². The Hall–Kier alpha value is -2.89. The number of rotatable bonds is 3. The summed E-state index contributed by atoms with van der Waals surface area (Å²) >= 11 is 0. The molecule has 4 rings (SSSR count). The van der Waals surface area contributed by atoms with Crippen LogP contribution in [-0.2, 0) is 7.05 Å². The lowest BCUT2D eigenvalue weighted by molar-refractivity contribution is 0.0790. The van der Waals surface area contributed by atoms with Gasteiger partial charge in [0.25, 0.3) is 5.91 Å². The van der Waals surface area contributed by atoms with Gasteiger partial charge in [0.15, 0.2) is 5.65 Å². The number of ether oxygens (including phenoxy) is 1. The minimum Gasteiger partial charge on any atom is -0.497 e. The maximum Gasteiger partial charge on any atom is 0.254 e. The molecule has 0 saturated carbocycles. The predicted molar refractivity (Wildman–Crippen MR) is 94.8 cm³/mol. The summed E-state index contributed by atoms with van der Waals surface area (Å²) in [4.78, 5) is 23.8. The molecule has 6 nitrogen and oxygen atoms in total. The minimum absolute atomic E-state index is 0.0401. The van der Waals surface area contributed by atoms with E-state index in [4.69, 9.17) is 9.72 Å². The summed E-state index contributed by atoms with van der Waals surface area (Å²) in [7, 11) is 3.60. The number of aryl methyl sites for hydroxylation is 1. The Kier molecular flexibility index (Phi) is 3.87. The summed E-state index contributed by atoms with van der Waals surface area (Å²) in [6.07, 6.45) is 2.69. The van der Waals surface area contributed by atoms with Crippen LogP contribution in [0.3, 0.4) is 0 Å². The first-order chi connectivity index (χ1) is 12.2. The third kappa shape index (κ3) is 2.73. The van der Waals surface area contributed by atoms with Crippen molar-refractivity contribution in [2.45, 2.75) is 12.3 Å². The molecule has 1 aliphatic rings. The van der Waals surface area contributed by atoms with Gasteiger partial charge < -0.3 is 14.2 Å². The molecule has 0 N–H and O–H groups in total. The Bertz CT molecular complexity index is 934. The lowest BCUT2D eigenvalue weighted by Crippen LogP contribution is -2.28. The van der Waals surface area contributed by atoms with Crippen LogP contribution in [0.5, 0.6) is 5.75 Å². The van der Waals surface area contributed by atoms with E-state index in [-0.39, 0.29) is 11.8 Å². The van der Waals surface area contributed by atoms with E-state index in [9.17, 15) is 4.79 Å². The molecule has 6 heteroatoms. The van der Waals surface area contributed by atoms with Crippen molar-refractivity contribution in [3.05, 3.63) is 54.0 Å². The van der Waals surface area contributed by atoms with Gasteiger partial charge in [-0.1, -0.05) is 6.07 Å². The van der Waals surface area contributed by atoms with Gasteiger partial charge in [0, 0.05) is 37.8 Å². The summed E-state index contributed by atoms with van der Waals surface area (Å²) in [5.41, 5.74) is 2.44. The van der Waals surface area contributed by atoms with E-state index in [0.29, 0.717) is 17.9 Å². The molecule has 2 aromatic heterocycles. The Morgan fingerprint density at radius 2 is 2.16 bits per heavy atom. The van der Waals surface area contributed by atoms with Gasteiger partial charge in [0.2, 0.25) is 0 Å². The number of benzene rings is 1. The average molecular weight is 336 g/mol. The molecule has 1 amide bonds. The van der Waals surface area contributed by atoms with E-state index in [1.165, 1.54) is 0 Å². The molecule has 128 valence electrons. The van der Waals surface area contributed by atoms with Crippen LogP contribution in [0.25, 0.3) is 11.2 Å². The number of fused-ring (bicyclic) bond motifs is 1. The van der Waals surface area contributed by atoms with E-state index < -0.39 is 0 Å². The molecule has 0 aliphatic carbocycles. The van der Waals surface area contributed by atoms with E-state index in [0.717, 1.165) is 30.0 Å². The fourth-order valence-corrected chi connectivity index (χ4v) is 3.50. The van der Waals surface area contributed by atoms with Gasteiger partial charge in [-0.3, -0.25) is 4.79 Å². The van der Waals surface area contributed by atoms with Crippen molar-refractivity contribution in [3.63, 3.8) is 0 Å². The van der Waals surface area contributed by atoms with Gasteiger partial charge >= 0.3 is 0 Å². The summed E-state index contributed by atoms with van der Waals surface area (Å²) in [6.45, 7) is 1.41. The number of amides is 1. The normalized spacial score (nSPS) is 17.2. The zero-order valence-electron chi connectivity index (χ0n) is 14.3. The Morgan fingerprint density at radius 1 is 1.28 bits per heavy atom. The number of pyridine rings is 1. The van der Waals surface area contributed by atoms with Crippen LogP contribution < -0.4 is 4.74 Å². The Balaban J connectivity index is 1.56. The molecule has 3 aromatic rings. The van der Waals surface area contributed by atoms with Gasteiger partial charge in [-0.15, -0.1) is 0 Å². The zero-order chi connectivity index (χ0) is 17.4. The molecular weight excluding hydrogens is 316 g/mol. The predicted octanol–water partition coefficient (Wildman–Crippen LogP) is 2.61. The van der Waals surface area contributed by atoms with Gasteiger partial charge in [-0.05, 0) is 36.8 Å². The fourth-order valence-electron chi connectivity index (χ4n) is 3.50. The Morgan fingerprint density at radius 3 is 2.96 bits per heavy atom. The first kappa shape index (κ1) is 15.6. The SMILES string of the molecule is COc1cccc(C(=O)N2CCC(c3nc4cccnc4n3C)C2)c1. The van der Waals surface area contributed by atoms with Crippen molar-refractivity contribution >= 4 is 17.1 Å². The second-order valence-corrected chi connectivity index (χ2v) is 6.34. The van der Waals surface area contributed by atoms with Crippen LogP contribution in [0, 0.1) is 0 Å². The third-order valence-corrected chi connectivity index (χ3v) is 4.82. The van der Waals surface area contributed by atoms with Crippen LogP contribution >= 0.6 is 0 Å². The first-order valence-electron chi connectivity index (χ1n) is 8.38. The molecule has 1 aliphatic heterocycles. The number of carbonyl (C=O) groups excluding carboxylic acids is 1. The van der Waals surface area contributed by atoms with Crippen molar-refractivity contribution in [2.75, 3.05) is 20.2 Å². The number of hydrogen-bond donors (Lipinski definition) is 0. The maximum atomic E-state index is 12.8. The van der Waals surface area contributed by atoms with Crippen molar-refractivity contribution in [2.24, 2.45) is 7.05 Å². The number of nitrogens with zero attached hydrogens (tertiary/aromatic N) is 4. The van der Waals surface area contributed by atoms with E-state index in [1.807, 2.05) is 46.8 Å². The van der Waals surface area contributed by atoms with Crippen molar-refractivity contribution in [1.29, 1.82) is 0 Å². The van der Waals surface area contributed by atoms with Gasteiger partial charge in [-0.25, -0.2) is 9.97 Å².